The second-order valence-electron chi connectivity index (χ2n) is 8.72. The first kappa shape index (κ1) is 23.2. The lowest BCUT2D eigenvalue weighted by molar-refractivity contribution is -0.165. The highest BCUT2D eigenvalue weighted by Crippen LogP contribution is 2.56. The van der Waals surface area contributed by atoms with Gasteiger partial charge < -0.3 is 25.5 Å². The highest BCUT2D eigenvalue weighted by Gasteiger charge is 2.53. The molecule has 1 aromatic carbocycles. The van der Waals surface area contributed by atoms with Crippen LogP contribution in [-0.4, -0.2) is 73.7 Å². The molecule has 0 radical (unpaired) electrons. The number of carboxylic acids is 2. The number of carbonyl (C=O) groups is 2. The minimum absolute atomic E-state index is 0.340. The van der Waals surface area contributed by atoms with Crippen LogP contribution in [0.2, 0.25) is 0 Å². The van der Waals surface area contributed by atoms with Gasteiger partial charge in [-0.3, -0.25) is 4.90 Å². The Balaban J connectivity index is 0.000000233. The number of aliphatic hydroxyl groups excluding tert-OH is 2. The number of hydrogen-bond acceptors (Lipinski definition) is 6. The number of hydrogen-bond donors (Lipinski definition) is 5. The predicted molar refractivity (Wildman–Crippen MR) is 113 cm³/mol. The second kappa shape index (κ2) is 9.38. The summed E-state index contributed by atoms with van der Waals surface area (Å²) in [5, 5.41) is 42.5. The van der Waals surface area contributed by atoms with Gasteiger partial charge in [-0.2, -0.15) is 0 Å². The number of likely N-dealkylation sites (tertiary alicyclic amines) is 1. The van der Waals surface area contributed by atoms with Gasteiger partial charge in [-0.05, 0) is 61.4 Å². The van der Waals surface area contributed by atoms with Gasteiger partial charge in [0.1, 0.15) is 5.75 Å². The number of aliphatic hydroxyl groups is 2. The van der Waals surface area contributed by atoms with E-state index in [4.69, 9.17) is 20.4 Å². The van der Waals surface area contributed by atoms with E-state index in [1.165, 1.54) is 49.8 Å². The normalized spacial score (nSPS) is 28.7. The predicted octanol–water partition coefficient (Wildman–Crippen LogP) is 1.51. The SMILES string of the molecule is C=CCN1CC[C@@]23CCCC[C@H]2[C@@H]1Cc1ccc(O)cc13.O=C(O)[C@H](O)[C@@H](O)C(=O)O. The summed E-state index contributed by atoms with van der Waals surface area (Å²) in [6.45, 7) is 6.15. The third kappa shape index (κ3) is 4.46. The van der Waals surface area contributed by atoms with E-state index in [9.17, 15) is 14.7 Å². The zero-order valence-corrected chi connectivity index (χ0v) is 17.5. The summed E-state index contributed by atoms with van der Waals surface area (Å²) in [5.74, 6) is -2.32. The highest BCUT2D eigenvalue weighted by atomic mass is 16.4. The minimum Gasteiger partial charge on any atom is -0.508 e. The van der Waals surface area contributed by atoms with Gasteiger partial charge in [0.15, 0.2) is 12.2 Å². The van der Waals surface area contributed by atoms with Gasteiger partial charge >= 0.3 is 11.9 Å². The fraction of sp³-hybridized carbons (Fsp3) is 0.565. The quantitative estimate of drug-likeness (QED) is 0.441. The topological polar surface area (TPSA) is 139 Å². The molecule has 1 saturated carbocycles. The van der Waals surface area contributed by atoms with Gasteiger partial charge in [0, 0.05) is 18.0 Å². The number of phenolic OH excluding ortho intramolecular Hbond substituents is 1. The van der Waals surface area contributed by atoms with Crippen LogP contribution in [0.3, 0.4) is 0 Å². The first-order chi connectivity index (χ1) is 14.7. The van der Waals surface area contributed by atoms with Gasteiger partial charge in [0.2, 0.25) is 0 Å². The fourth-order valence-corrected chi connectivity index (χ4v) is 5.74. The van der Waals surface area contributed by atoms with Gasteiger partial charge in [-0.25, -0.2) is 9.59 Å². The lowest BCUT2D eigenvalue weighted by atomic mass is 9.52. The summed E-state index contributed by atoms with van der Waals surface area (Å²) < 4.78 is 0. The van der Waals surface area contributed by atoms with Gasteiger partial charge in [0.25, 0.3) is 0 Å². The molecule has 0 unspecified atom stereocenters. The summed E-state index contributed by atoms with van der Waals surface area (Å²) in [5.41, 5.74) is 3.29. The summed E-state index contributed by atoms with van der Waals surface area (Å²) in [6, 6.07) is 6.79. The monoisotopic (exact) mass is 433 g/mol. The van der Waals surface area contributed by atoms with E-state index in [0.29, 0.717) is 17.2 Å². The number of benzene rings is 1. The van der Waals surface area contributed by atoms with E-state index in [2.05, 4.69) is 29.7 Å². The molecule has 170 valence electrons. The third-order valence-electron chi connectivity index (χ3n) is 7.10. The molecular weight excluding hydrogens is 402 g/mol. The number of piperidine rings is 1. The Hall–Kier alpha value is -2.42. The van der Waals surface area contributed by atoms with Crippen molar-refractivity contribution in [1.29, 1.82) is 0 Å². The lowest BCUT2D eigenvalue weighted by Crippen LogP contribution is -2.60. The summed E-state index contributed by atoms with van der Waals surface area (Å²) >= 11 is 0. The number of aromatic hydroxyl groups is 1. The highest BCUT2D eigenvalue weighted by molar-refractivity contribution is 5.83. The van der Waals surface area contributed by atoms with Crippen LogP contribution >= 0.6 is 0 Å². The maximum Gasteiger partial charge on any atom is 0.335 e. The standard InChI is InChI=1S/C19H25NO.C4H6O6/c1-2-10-20-11-9-19-8-4-3-5-16(19)18(20)12-14-6-7-15(21)13-17(14)19;5-1(3(7)8)2(6)4(9)10/h2,6-7,13,16,18,21H,1,3-5,8-12H2;1-2,5-6H,(H,7,8)(H,9,10)/t16-,18-,19-;1-,2-/m01/s1. The van der Waals surface area contributed by atoms with Crippen LogP contribution in [0.5, 0.6) is 5.75 Å². The van der Waals surface area contributed by atoms with E-state index >= 15 is 0 Å². The Morgan fingerprint density at radius 3 is 2.45 bits per heavy atom. The molecule has 1 saturated heterocycles. The van der Waals surface area contributed by atoms with E-state index in [1.54, 1.807) is 0 Å². The molecular formula is C23H31NO7. The van der Waals surface area contributed by atoms with E-state index in [1.807, 2.05) is 6.07 Å². The van der Waals surface area contributed by atoms with E-state index in [0.717, 1.165) is 18.9 Å². The molecule has 8 nitrogen and oxygen atoms in total. The second-order valence-corrected chi connectivity index (χ2v) is 8.72. The van der Waals surface area contributed by atoms with Crippen molar-refractivity contribution in [2.75, 3.05) is 13.1 Å². The van der Waals surface area contributed by atoms with Crippen molar-refractivity contribution in [2.24, 2.45) is 5.92 Å². The molecule has 0 aromatic heterocycles. The molecule has 1 aliphatic heterocycles. The number of nitrogens with zero attached hydrogens (tertiary/aromatic N) is 1. The van der Waals surface area contributed by atoms with Crippen molar-refractivity contribution in [3.8, 4) is 5.75 Å². The van der Waals surface area contributed by atoms with Crippen LogP contribution in [0.1, 0.15) is 43.2 Å². The summed E-state index contributed by atoms with van der Waals surface area (Å²) in [6.07, 6.45) is 5.31. The Kier molecular flexibility index (Phi) is 7.03. The molecule has 1 heterocycles. The molecule has 8 heteroatoms. The van der Waals surface area contributed by atoms with Gasteiger partial charge in [0.05, 0.1) is 0 Å². The lowest BCUT2D eigenvalue weighted by Gasteiger charge is -2.59. The van der Waals surface area contributed by atoms with Gasteiger partial charge in [-0.15, -0.1) is 6.58 Å². The van der Waals surface area contributed by atoms with E-state index in [-0.39, 0.29) is 0 Å². The maximum atomic E-state index is 9.98. The minimum atomic E-state index is -2.27. The fourth-order valence-electron chi connectivity index (χ4n) is 5.74. The van der Waals surface area contributed by atoms with Crippen LogP contribution in [0.15, 0.2) is 30.9 Å². The Morgan fingerprint density at radius 2 is 1.84 bits per heavy atom. The molecule has 3 aliphatic rings. The number of fused-ring (bicyclic) bond motifs is 1. The molecule has 2 aliphatic carbocycles. The number of rotatable bonds is 5. The van der Waals surface area contributed by atoms with Crippen LogP contribution in [0, 0.1) is 5.92 Å². The van der Waals surface area contributed by atoms with Crippen molar-refractivity contribution < 1.29 is 35.1 Å². The van der Waals surface area contributed by atoms with Crippen molar-refractivity contribution >= 4 is 11.9 Å². The van der Waals surface area contributed by atoms with Crippen LogP contribution in [0.4, 0.5) is 0 Å². The zero-order valence-electron chi connectivity index (χ0n) is 17.5. The largest absolute Gasteiger partial charge is 0.508 e. The molecule has 5 atom stereocenters. The van der Waals surface area contributed by atoms with Crippen LogP contribution in [-0.2, 0) is 21.4 Å². The van der Waals surface area contributed by atoms with Crippen molar-refractivity contribution in [3.05, 3.63) is 42.0 Å². The molecule has 2 bridgehead atoms. The Labute approximate surface area is 181 Å². The molecule has 0 spiro atoms. The summed E-state index contributed by atoms with van der Waals surface area (Å²) in [7, 11) is 0. The van der Waals surface area contributed by atoms with Gasteiger partial charge in [-0.1, -0.05) is 25.0 Å². The number of phenols is 1. The number of carboxylic acid groups (broad SMARTS) is 2. The Bertz CT molecular complexity index is 823. The zero-order chi connectivity index (χ0) is 22.8. The average molecular weight is 434 g/mol. The van der Waals surface area contributed by atoms with E-state index < -0.39 is 24.1 Å². The first-order valence-corrected chi connectivity index (χ1v) is 10.7. The summed E-state index contributed by atoms with van der Waals surface area (Å²) in [4.78, 5) is 22.2. The molecule has 5 N–H and O–H groups in total. The smallest absolute Gasteiger partial charge is 0.335 e. The third-order valence-corrected chi connectivity index (χ3v) is 7.10. The molecule has 4 rings (SSSR count). The Morgan fingerprint density at radius 1 is 1.16 bits per heavy atom. The van der Waals surface area contributed by atoms with Crippen LogP contribution in [0.25, 0.3) is 0 Å². The molecule has 2 fully saturated rings. The van der Waals surface area contributed by atoms with Crippen molar-refractivity contribution in [1.82, 2.24) is 4.90 Å². The first-order valence-electron chi connectivity index (χ1n) is 10.7. The maximum absolute atomic E-state index is 9.98. The molecule has 31 heavy (non-hydrogen) atoms. The number of aliphatic carboxylic acids is 2. The van der Waals surface area contributed by atoms with Crippen molar-refractivity contribution in [3.63, 3.8) is 0 Å². The van der Waals surface area contributed by atoms with Crippen LogP contribution < -0.4 is 0 Å². The molecule has 0 amide bonds. The average Bonchev–Trinajstić information content (AvgIpc) is 2.75. The molecule has 1 aromatic rings. The van der Waals surface area contributed by atoms with Crippen molar-refractivity contribution in [2.45, 2.75) is 62.2 Å².